The van der Waals surface area contributed by atoms with Crippen LogP contribution >= 0.6 is 0 Å². The standard InChI is InChI=1S/C15H33N/c1-8-9-10-13(16-15(5,6)7)11-12-14(2,3)4/h13,16H,8-12H2,1-7H3/t13-/m1/s1. The van der Waals surface area contributed by atoms with Crippen LogP contribution in [0, 0.1) is 5.41 Å². The van der Waals surface area contributed by atoms with Gasteiger partial charge in [-0.25, -0.2) is 0 Å². The Morgan fingerprint density at radius 1 is 0.938 bits per heavy atom. The molecule has 0 aromatic rings. The second kappa shape index (κ2) is 6.64. The fraction of sp³-hybridized carbons (Fsp3) is 1.00. The van der Waals surface area contributed by atoms with E-state index in [9.17, 15) is 0 Å². The number of hydrogen-bond acceptors (Lipinski definition) is 1. The van der Waals surface area contributed by atoms with E-state index in [1.165, 1.54) is 32.1 Å². The van der Waals surface area contributed by atoms with E-state index in [4.69, 9.17) is 0 Å². The predicted molar refractivity (Wildman–Crippen MR) is 74.9 cm³/mol. The van der Waals surface area contributed by atoms with Crippen molar-refractivity contribution in [2.24, 2.45) is 5.41 Å². The van der Waals surface area contributed by atoms with Gasteiger partial charge in [0.05, 0.1) is 0 Å². The van der Waals surface area contributed by atoms with Crippen LogP contribution in [0.2, 0.25) is 0 Å². The third kappa shape index (κ3) is 10.5. The molecule has 0 unspecified atom stereocenters. The molecule has 0 bridgehead atoms. The lowest BCUT2D eigenvalue weighted by Gasteiger charge is -2.30. The maximum atomic E-state index is 3.76. The molecule has 0 amide bonds. The monoisotopic (exact) mass is 227 g/mol. The molecule has 1 heteroatoms. The quantitative estimate of drug-likeness (QED) is 0.690. The third-order valence-electron chi connectivity index (χ3n) is 2.79. The minimum Gasteiger partial charge on any atom is -0.309 e. The van der Waals surface area contributed by atoms with Gasteiger partial charge >= 0.3 is 0 Å². The molecule has 0 aromatic carbocycles. The van der Waals surface area contributed by atoms with Crippen LogP contribution in [0.25, 0.3) is 0 Å². The van der Waals surface area contributed by atoms with Crippen LogP contribution in [0.4, 0.5) is 0 Å². The molecule has 0 spiro atoms. The minimum absolute atomic E-state index is 0.246. The summed E-state index contributed by atoms with van der Waals surface area (Å²) >= 11 is 0. The zero-order valence-electron chi connectivity index (χ0n) is 12.6. The molecule has 0 aromatic heterocycles. The molecule has 0 aliphatic carbocycles. The Kier molecular flexibility index (Phi) is 6.62. The molecule has 0 rings (SSSR count). The number of rotatable bonds is 6. The van der Waals surface area contributed by atoms with Gasteiger partial charge in [-0.3, -0.25) is 0 Å². The van der Waals surface area contributed by atoms with Gasteiger partial charge in [-0.05, 0) is 45.4 Å². The Labute approximate surface area is 103 Å². The average Bonchev–Trinajstić information content (AvgIpc) is 2.06. The second-order valence-electron chi connectivity index (χ2n) is 7.33. The fourth-order valence-electron chi connectivity index (χ4n) is 1.96. The number of unbranched alkanes of at least 4 members (excludes halogenated alkanes) is 1. The van der Waals surface area contributed by atoms with Gasteiger partial charge in [-0.1, -0.05) is 40.5 Å². The van der Waals surface area contributed by atoms with Crippen LogP contribution in [-0.4, -0.2) is 11.6 Å². The Hall–Kier alpha value is -0.0400. The molecule has 98 valence electrons. The molecule has 0 aliphatic rings. The highest BCUT2D eigenvalue weighted by Crippen LogP contribution is 2.23. The molecule has 0 radical (unpaired) electrons. The van der Waals surface area contributed by atoms with E-state index in [-0.39, 0.29) is 5.54 Å². The van der Waals surface area contributed by atoms with Crippen LogP contribution < -0.4 is 5.32 Å². The van der Waals surface area contributed by atoms with E-state index in [0.29, 0.717) is 11.5 Å². The van der Waals surface area contributed by atoms with Crippen molar-refractivity contribution in [3.8, 4) is 0 Å². The van der Waals surface area contributed by atoms with E-state index < -0.39 is 0 Å². The van der Waals surface area contributed by atoms with Gasteiger partial charge in [0.25, 0.3) is 0 Å². The van der Waals surface area contributed by atoms with Crippen molar-refractivity contribution in [3.63, 3.8) is 0 Å². The van der Waals surface area contributed by atoms with Gasteiger partial charge in [0, 0.05) is 11.6 Å². The number of nitrogens with one attached hydrogen (secondary N) is 1. The Bertz CT molecular complexity index is 171. The summed E-state index contributed by atoms with van der Waals surface area (Å²) < 4.78 is 0. The van der Waals surface area contributed by atoms with E-state index in [0.717, 1.165) is 0 Å². The highest BCUT2D eigenvalue weighted by Gasteiger charge is 2.19. The lowest BCUT2D eigenvalue weighted by atomic mass is 9.87. The van der Waals surface area contributed by atoms with Crippen molar-refractivity contribution < 1.29 is 0 Å². The van der Waals surface area contributed by atoms with Crippen molar-refractivity contribution in [1.82, 2.24) is 5.32 Å². The predicted octanol–water partition coefficient (Wildman–Crippen LogP) is 4.76. The summed E-state index contributed by atoms with van der Waals surface area (Å²) in [4.78, 5) is 0. The van der Waals surface area contributed by atoms with Gasteiger partial charge in [-0.15, -0.1) is 0 Å². The first-order valence-electron chi connectivity index (χ1n) is 6.92. The van der Waals surface area contributed by atoms with Crippen molar-refractivity contribution in [2.45, 2.75) is 92.2 Å². The molecule has 1 atom stereocenters. The maximum Gasteiger partial charge on any atom is 0.00990 e. The van der Waals surface area contributed by atoms with Crippen molar-refractivity contribution in [3.05, 3.63) is 0 Å². The SMILES string of the molecule is CCCC[C@H](CCC(C)(C)C)NC(C)(C)C. The van der Waals surface area contributed by atoms with Crippen molar-refractivity contribution in [2.75, 3.05) is 0 Å². The first-order chi connectivity index (χ1) is 7.14. The van der Waals surface area contributed by atoms with Crippen LogP contribution in [-0.2, 0) is 0 Å². The Balaban J connectivity index is 4.10. The van der Waals surface area contributed by atoms with Crippen molar-refractivity contribution >= 4 is 0 Å². The summed E-state index contributed by atoms with van der Waals surface area (Å²) in [7, 11) is 0. The molecule has 16 heavy (non-hydrogen) atoms. The van der Waals surface area contributed by atoms with Gasteiger partial charge in [-0.2, -0.15) is 0 Å². The Morgan fingerprint density at radius 2 is 1.50 bits per heavy atom. The molecule has 0 saturated carbocycles. The maximum absolute atomic E-state index is 3.76. The zero-order valence-corrected chi connectivity index (χ0v) is 12.6. The lowest BCUT2D eigenvalue weighted by Crippen LogP contribution is -2.44. The first kappa shape index (κ1) is 16.0. The normalized spacial score (nSPS) is 15.2. The molecule has 0 saturated heterocycles. The second-order valence-corrected chi connectivity index (χ2v) is 7.33. The molecule has 1 nitrogen and oxygen atoms in total. The van der Waals surface area contributed by atoms with Crippen LogP contribution in [0.1, 0.15) is 80.6 Å². The van der Waals surface area contributed by atoms with E-state index in [2.05, 4.69) is 53.8 Å². The highest BCUT2D eigenvalue weighted by atomic mass is 15.0. The smallest absolute Gasteiger partial charge is 0.00990 e. The average molecular weight is 227 g/mol. The van der Waals surface area contributed by atoms with Gasteiger partial charge in [0.1, 0.15) is 0 Å². The highest BCUT2D eigenvalue weighted by molar-refractivity contribution is 4.79. The molecular formula is C15H33N. The molecule has 1 N–H and O–H groups in total. The van der Waals surface area contributed by atoms with E-state index in [1.54, 1.807) is 0 Å². The molecule has 0 heterocycles. The van der Waals surface area contributed by atoms with Crippen LogP contribution in [0.15, 0.2) is 0 Å². The largest absolute Gasteiger partial charge is 0.309 e. The number of hydrogen-bond donors (Lipinski definition) is 1. The minimum atomic E-state index is 0.246. The lowest BCUT2D eigenvalue weighted by molar-refractivity contribution is 0.279. The molecular weight excluding hydrogens is 194 g/mol. The summed E-state index contributed by atoms with van der Waals surface area (Å²) in [5, 5.41) is 3.76. The van der Waals surface area contributed by atoms with Crippen molar-refractivity contribution in [1.29, 1.82) is 0 Å². The third-order valence-corrected chi connectivity index (χ3v) is 2.79. The zero-order chi connectivity index (χ0) is 12.8. The summed E-state index contributed by atoms with van der Waals surface area (Å²) in [6, 6.07) is 0.694. The van der Waals surface area contributed by atoms with Gasteiger partial charge < -0.3 is 5.32 Å². The van der Waals surface area contributed by atoms with Gasteiger partial charge in [0.15, 0.2) is 0 Å². The fourth-order valence-corrected chi connectivity index (χ4v) is 1.96. The van der Waals surface area contributed by atoms with Gasteiger partial charge in [0.2, 0.25) is 0 Å². The summed E-state index contributed by atoms with van der Waals surface area (Å²) in [5.74, 6) is 0. The summed E-state index contributed by atoms with van der Waals surface area (Å²) in [6.07, 6.45) is 6.59. The Morgan fingerprint density at radius 3 is 1.88 bits per heavy atom. The van der Waals surface area contributed by atoms with Crippen LogP contribution in [0.3, 0.4) is 0 Å². The summed E-state index contributed by atoms with van der Waals surface area (Å²) in [6.45, 7) is 16.1. The first-order valence-corrected chi connectivity index (χ1v) is 6.92. The molecule has 0 aliphatic heterocycles. The topological polar surface area (TPSA) is 12.0 Å². The summed E-state index contributed by atoms with van der Waals surface area (Å²) in [5.41, 5.74) is 0.709. The molecule has 0 fully saturated rings. The van der Waals surface area contributed by atoms with E-state index >= 15 is 0 Å². The van der Waals surface area contributed by atoms with E-state index in [1.807, 2.05) is 0 Å². The van der Waals surface area contributed by atoms with Crippen LogP contribution in [0.5, 0.6) is 0 Å².